The van der Waals surface area contributed by atoms with Gasteiger partial charge in [-0.25, -0.2) is 0 Å². The van der Waals surface area contributed by atoms with Crippen molar-refractivity contribution in [3.05, 3.63) is 0 Å². The van der Waals surface area contributed by atoms with Gasteiger partial charge in [-0.15, -0.1) is 0 Å². The molecule has 0 aromatic carbocycles. The van der Waals surface area contributed by atoms with Crippen LogP contribution in [-0.2, 0) is 19.2 Å². The summed E-state index contributed by atoms with van der Waals surface area (Å²) in [4.78, 5) is 46.5. The molecule has 0 spiro atoms. The molecule has 0 rings (SSSR count). The molecular weight excluding hydrogens is 356 g/mol. The molecule has 9 nitrogen and oxygen atoms in total. The molecule has 138 valence electrons. The van der Waals surface area contributed by atoms with E-state index in [2.05, 4.69) is 41.2 Å². The molecular formula is C13H24N4O5S2. The zero-order chi connectivity index (χ0) is 18.9. The third-order valence-corrected chi connectivity index (χ3v) is 3.77. The smallest absolute Gasteiger partial charge is 0.322 e. The molecule has 24 heavy (non-hydrogen) atoms. The minimum absolute atomic E-state index is 0.00156. The third-order valence-electron chi connectivity index (χ3n) is 3.01. The lowest BCUT2D eigenvalue weighted by molar-refractivity contribution is -0.138. The van der Waals surface area contributed by atoms with Crippen molar-refractivity contribution in [1.82, 2.24) is 16.0 Å². The summed E-state index contributed by atoms with van der Waals surface area (Å²) in [6, 6.07) is -2.81. The minimum Gasteiger partial charge on any atom is -0.480 e. The Balaban J connectivity index is 4.87. The van der Waals surface area contributed by atoms with Crippen LogP contribution in [0.3, 0.4) is 0 Å². The highest BCUT2D eigenvalue weighted by Gasteiger charge is 2.29. The van der Waals surface area contributed by atoms with Gasteiger partial charge in [0.05, 0.1) is 6.04 Å². The highest BCUT2D eigenvalue weighted by Crippen LogP contribution is 2.03. The maximum Gasteiger partial charge on any atom is 0.322 e. The molecule has 3 amide bonds. The van der Waals surface area contributed by atoms with E-state index in [4.69, 9.17) is 10.8 Å². The average Bonchev–Trinajstić information content (AvgIpc) is 2.53. The van der Waals surface area contributed by atoms with Crippen LogP contribution in [0.15, 0.2) is 0 Å². The van der Waals surface area contributed by atoms with E-state index >= 15 is 0 Å². The first-order valence-corrected chi connectivity index (χ1v) is 8.48. The number of carboxylic acids is 1. The predicted molar refractivity (Wildman–Crippen MR) is 95.0 cm³/mol. The van der Waals surface area contributed by atoms with Crippen molar-refractivity contribution in [2.45, 2.75) is 32.0 Å². The van der Waals surface area contributed by atoms with Crippen LogP contribution in [0.2, 0.25) is 0 Å². The summed E-state index contributed by atoms with van der Waals surface area (Å²) in [6.07, 6.45) is 0. The highest BCUT2D eigenvalue weighted by molar-refractivity contribution is 7.80. The second-order valence-electron chi connectivity index (χ2n) is 5.37. The van der Waals surface area contributed by atoms with Gasteiger partial charge in [0.2, 0.25) is 17.7 Å². The number of hydrogen-bond donors (Lipinski definition) is 7. The van der Waals surface area contributed by atoms with Gasteiger partial charge in [0.15, 0.2) is 0 Å². The van der Waals surface area contributed by atoms with E-state index in [1.165, 1.54) is 0 Å². The molecule has 0 aliphatic rings. The summed E-state index contributed by atoms with van der Waals surface area (Å²) in [5.41, 5.74) is 5.52. The molecule has 3 unspecified atom stereocenters. The van der Waals surface area contributed by atoms with Crippen LogP contribution < -0.4 is 21.7 Å². The predicted octanol–water partition coefficient (Wildman–Crippen LogP) is -2.00. The van der Waals surface area contributed by atoms with E-state index in [-0.39, 0.29) is 17.4 Å². The van der Waals surface area contributed by atoms with Crippen molar-refractivity contribution in [1.29, 1.82) is 0 Å². The molecule has 3 atom stereocenters. The van der Waals surface area contributed by atoms with Crippen molar-refractivity contribution in [3.8, 4) is 0 Å². The van der Waals surface area contributed by atoms with Gasteiger partial charge in [0.25, 0.3) is 0 Å². The van der Waals surface area contributed by atoms with Crippen molar-refractivity contribution in [3.63, 3.8) is 0 Å². The average molecular weight is 380 g/mol. The standard InChI is InChI=1S/C13H24N4O5S2/c1-6(2)10(13(22)15-3-9(18)19)17-12(21)8(5-24)16-11(20)7(14)4-23/h6-8,10,23-24H,3-5,14H2,1-2H3,(H,15,22)(H,16,20)(H,17,21)(H,18,19). The summed E-state index contributed by atoms with van der Waals surface area (Å²) in [5, 5.41) is 15.7. The molecule has 0 aliphatic carbocycles. The Morgan fingerprint density at radius 2 is 1.58 bits per heavy atom. The van der Waals surface area contributed by atoms with Gasteiger partial charge >= 0.3 is 5.97 Å². The van der Waals surface area contributed by atoms with E-state index in [0.29, 0.717) is 0 Å². The number of nitrogens with two attached hydrogens (primary N) is 1. The lowest BCUT2D eigenvalue weighted by Crippen LogP contribution is -2.58. The fraction of sp³-hybridized carbons (Fsp3) is 0.692. The number of carboxylic acid groups (broad SMARTS) is 1. The van der Waals surface area contributed by atoms with Crippen LogP contribution in [0.5, 0.6) is 0 Å². The van der Waals surface area contributed by atoms with Crippen LogP contribution in [0.1, 0.15) is 13.8 Å². The Hall–Kier alpha value is -1.46. The fourth-order valence-corrected chi connectivity index (χ4v) is 2.04. The first-order valence-electron chi connectivity index (χ1n) is 7.21. The van der Waals surface area contributed by atoms with Gasteiger partial charge in [-0.2, -0.15) is 25.3 Å². The number of hydrogen-bond acceptors (Lipinski definition) is 7. The van der Waals surface area contributed by atoms with Gasteiger partial charge in [0.1, 0.15) is 18.6 Å². The molecule has 0 radical (unpaired) electrons. The quantitative estimate of drug-likeness (QED) is 0.218. The zero-order valence-electron chi connectivity index (χ0n) is 13.5. The lowest BCUT2D eigenvalue weighted by Gasteiger charge is -2.25. The molecule has 0 aliphatic heterocycles. The van der Waals surface area contributed by atoms with E-state index in [1.807, 2.05) is 0 Å². The van der Waals surface area contributed by atoms with Crippen molar-refractivity contribution < 1.29 is 24.3 Å². The topological polar surface area (TPSA) is 151 Å². The van der Waals surface area contributed by atoms with Crippen LogP contribution in [-0.4, -0.2) is 65.0 Å². The zero-order valence-corrected chi connectivity index (χ0v) is 15.3. The Morgan fingerprint density at radius 1 is 1.00 bits per heavy atom. The van der Waals surface area contributed by atoms with Crippen LogP contribution in [0.4, 0.5) is 0 Å². The highest BCUT2D eigenvalue weighted by atomic mass is 32.1. The number of aliphatic carboxylic acids is 1. The summed E-state index contributed by atoms with van der Waals surface area (Å²) >= 11 is 7.91. The molecule has 0 aromatic heterocycles. The van der Waals surface area contributed by atoms with Crippen molar-refractivity contribution in [2.24, 2.45) is 11.7 Å². The van der Waals surface area contributed by atoms with Gasteiger partial charge < -0.3 is 26.8 Å². The van der Waals surface area contributed by atoms with Crippen molar-refractivity contribution in [2.75, 3.05) is 18.1 Å². The minimum atomic E-state index is -1.20. The Labute approximate surface area is 151 Å². The van der Waals surface area contributed by atoms with E-state index in [9.17, 15) is 19.2 Å². The van der Waals surface area contributed by atoms with Crippen LogP contribution in [0, 0.1) is 5.92 Å². The maximum absolute atomic E-state index is 12.2. The number of carbonyl (C=O) groups excluding carboxylic acids is 3. The summed E-state index contributed by atoms with van der Waals surface area (Å²) in [7, 11) is 0. The summed E-state index contributed by atoms with van der Waals surface area (Å²) < 4.78 is 0. The molecule has 0 saturated carbocycles. The van der Waals surface area contributed by atoms with Crippen LogP contribution >= 0.6 is 25.3 Å². The molecule has 0 fully saturated rings. The SMILES string of the molecule is CC(C)C(NC(=O)C(CS)NC(=O)C(N)CS)C(=O)NCC(=O)O. The molecule has 11 heteroatoms. The van der Waals surface area contributed by atoms with Crippen molar-refractivity contribution >= 4 is 48.9 Å². The second kappa shape index (κ2) is 11.2. The monoisotopic (exact) mass is 380 g/mol. The molecule has 0 aromatic rings. The molecule has 6 N–H and O–H groups in total. The summed E-state index contributed by atoms with van der Waals surface area (Å²) in [6.45, 7) is 2.83. The van der Waals surface area contributed by atoms with E-state index in [1.54, 1.807) is 13.8 Å². The first-order chi connectivity index (χ1) is 11.1. The Kier molecular flexibility index (Phi) is 10.5. The number of thiol groups is 2. The largest absolute Gasteiger partial charge is 0.480 e. The number of nitrogens with one attached hydrogen (secondary N) is 3. The molecule has 0 heterocycles. The Bertz CT molecular complexity index is 475. The molecule has 0 bridgehead atoms. The maximum atomic E-state index is 12.2. The van der Waals surface area contributed by atoms with Gasteiger partial charge in [-0.3, -0.25) is 19.2 Å². The molecule has 0 saturated heterocycles. The van der Waals surface area contributed by atoms with E-state index in [0.717, 1.165) is 0 Å². The third kappa shape index (κ3) is 7.88. The van der Waals surface area contributed by atoms with E-state index < -0.39 is 48.4 Å². The normalized spacial score (nSPS) is 14.4. The number of carbonyl (C=O) groups is 4. The second-order valence-corrected chi connectivity index (χ2v) is 6.10. The number of rotatable bonds is 10. The van der Waals surface area contributed by atoms with Gasteiger partial charge in [-0.1, -0.05) is 13.8 Å². The lowest BCUT2D eigenvalue weighted by atomic mass is 10.0. The van der Waals surface area contributed by atoms with Crippen LogP contribution in [0.25, 0.3) is 0 Å². The summed E-state index contributed by atoms with van der Waals surface area (Å²) in [5.74, 6) is -3.18. The fourth-order valence-electron chi connectivity index (χ4n) is 1.62. The number of amides is 3. The van der Waals surface area contributed by atoms with Gasteiger partial charge in [-0.05, 0) is 5.92 Å². The Morgan fingerprint density at radius 3 is 2.00 bits per heavy atom. The van der Waals surface area contributed by atoms with Gasteiger partial charge in [0, 0.05) is 11.5 Å². The first kappa shape index (κ1) is 22.5.